The van der Waals surface area contributed by atoms with E-state index in [0.29, 0.717) is 5.75 Å². The van der Waals surface area contributed by atoms with Crippen molar-refractivity contribution in [2.45, 2.75) is 77.0 Å². The van der Waals surface area contributed by atoms with Gasteiger partial charge in [-0.15, -0.1) is 13.2 Å². The number of carbonyl (C=O) groups excluding carboxylic acids is 3. The summed E-state index contributed by atoms with van der Waals surface area (Å²) in [7, 11) is 1.33. The van der Waals surface area contributed by atoms with E-state index >= 15 is 0 Å². The third kappa shape index (κ3) is 11.9. The van der Waals surface area contributed by atoms with Crippen LogP contribution in [0.2, 0.25) is 0 Å². The van der Waals surface area contributed by atoms with Gasteiger partial charge in [-0.2, -0.15) is 13.2 Å². The second-order valence-electron chi connectivity index (χ2n) is 9.94. The standard InChI is InChI=1S/C24H33F6N3O7/c1-12(2)16(18(34)23(25,26)27)32-20(36)17(13-7-9-14(38-6)10-8-13)33-19(35)15(11-39-24(28,29)30)31-21(37)40-22(3,4)5/h7-10,12,15-18,34H,11H2,1-6H3,(H,31,37)(H,32,36)(H,33,35)/t15-,16-,17-,18-/m0/s1. The second kappa shape index (κ2) is 13.9. The fourth-order valence-electron chi connectivity index (χ4n) is 3.21. The number of rotatable bonds is 11. The molecule has 1 aromatic carbocycles. The molecule has 0 bridgehead atoms. The van der Waals surface area contributed by atoms with E-state index in [1.54, 1.807) is 0 Å². The molecule has 4 N–H and O–H groups in total. The van der Waals surface area contributed by atoms with Crippen molar-refractivity contribution in [3.63, 3.8) is 0 Å². The highest BCUT2D eigenvalue weighted by molar-refractivity contribution is 5.92. The summed E-state index contributed by atoms with van der Waals surface area (Å²) in [6, 6.07) is -0.423. The molecule has 0 saturated carbocycles. The van der Waals surface area contributed by atoms with E-state index in [2.05, 4.69) is 10.1 Å². The Bertz CT molecular complexity index is 995. The first-order valence-corrected chi connectivity index (χ1v) is 11.8. The van der Waals surface area contributed by atoms with Gasteiger partial charge in [0, 0.05) is 0 Å². The summed E-state index contributed by atoms with van der Waals surface area (Å²) in [4.78, 5) is 38.4. The van der Waals surface area contributed by atoms with Crippen molar-refractivity contribution >= 4 is 17.9 Å². The number of aliphatic hydroxyl groups is 1. The van der Waals surface area contributed by atoms with Crippen molar-refractivity contribution in [2.75, 3.05) is 13.7 Å². The molecule has 0 aliphatic heterocycles. The molecular formula is C24H33F6N3O7. The zero-order chi connectivity index (χ0) is 31.1. The molecule has 1 rings (SSSR count). The smallest absolute Gasteiger partial charge is 0.497 e. The van der Waals surface area contributed by atoms with E-state index in [1.807, 2.05) is 10.6 Å². The molecule has 0 aliphatic rings. The summed E-state index contributed by atoms with van der Waals surface area (Å²) < 4.78 is 91.4. The fraction of sp³-hybridized carbons (Fsp3) is 0.625. The Labute approximate surface area is 226 Å². The van der Waals surface area contributed by atoms with Crippen LogP contribution in [-0.2, 0) is 19.1 Å². The van der Waals surface area contributed by atoms with Gasteiger partial charge in [0.25, 0.3) is 0 Å². The number of hydrogen-bond acceptors (Lipinski definition) is 7. The van der Waals surface area contributed by atoms with Crippen molar-refractivity contribution in [2.24, 2.45) is 5.92 Å². The van der Waals surface area contributed by atoms with Crippen LogP contribution < -0.4 is 20.7 Å². The number of hydrogen-bond donors (Lipinski definition) is 4. The number of carbonyl (C=O) groups is 3. The predicted octanol–water partition coefficient (Wildman–Crippen LogP) is 3.35. The summed E-state index contributed by atoms with van der Waals surface area (Å²) in [5.74, 6) is -3.21. The van der Waals surface area contributed by atoms with Crippen molar-refractivity contribution in [1.82, 2.24) is 16.0 Å². The monoisotopic (exact) mass is 589 g/mol. The second-order valence-corrected chi connectivity index (χ2v) is 9.94. The zero-order valence-electron chi connectivity index (χ0n) is 22.6. The van der Waals surface area contributed by atoms with Crippen LogP contribution in [0.3, 0.4) is 0 Å². The molecule has 0 fully saturated rings. The van der Waals surface area contributed by atoms with E-state index in [9.17, 15) is 45.8 Å². The molecule has 0 spiro atoms. The van der Waals surface area contributed by atoms with E-state index in [1.165, 1.54) is 66.0 Å². The summed E-state index contributed by atoms with van der Waals surface area (Å²) in [6.45, 7) is 5.55. The molecule has 0 aliphatic carbocycles. The SMILES string of the molecule is COc1ccc([C@H](NC(=O)[C@H](COC(F)(F)F)NC(=O)OC(C)(C)C)C(=O)N[C@@H](C(C)C)[C@H](O)C(F)(F)F)cc1. The highest BCUT2D eigenvalue weighted by atomic mass is 19.4. The van der Waals surface area contributed by atoms with Gasteiger partial charge < -0.3 is 30.5 Å². The molecule has 0 aromatic heterocycles. The lowest BCUT2D eigenvalue weighted by Crippen LogP contribution is -2.57. The van der Waals surface area contributed by atoms with Crippen LogP contribution in [0.4, 0.5) is 31.1 Å². The topological polar surface area (TPSA) is 135 Å². The van der Waals surface area contributed by atoms with Gasteiger partial charge in [0.1, 0.15) is 23.4 Å². The molecule has 3 amide bonds. The first-order chi connectivity index (χ1) is 18.1. The lowest BCUT2D eigenvalue weighted by atomic mass is 9.96. The maximum absolute atomic E-state index is 13.2. The number of alkyl carbamates (subject to hydrolysis) is 1. The average molecular weight is 590 g/mol. The van der Waals surface area contributed by atoms with Crippen molar-refractivity contribution in [1.29, 1.82) is 0 Å². The first kappa shape index (κ1) is 34.8. The summed E-state index contributed by atoms with van der Waals surface area (Å²) >= 11 is 0. The molecule has 16 heteroatoms. The Balaban J connectivity index is 3.37. The summed E-state index contributed by atoms with van der Waals surface area (Å²) in [5, 5.41) is 15.9. The highest BCUT2D eigenvalue weighted by Crippen LogP contribution is 2.27. The van der Waals surface area contributed by atoms with E-state index in [-0.39, 0.29) is 5.56 Å². The third-order valence-corrected chi connectivity index (χ3v) is 5.12. The number of ether oxygens (including phenoxy) is 3. The Kier molecular flexibility index (Phi) is 12.1. The predicted molar refractivity (Wildman–Crippen MR) is 128 cm³/mol. The van der Waals surface area contributed by atoms with Crippen molar-refractivity contribution in [3.05, 3.63) is 29.8 Å². The minimum absolute atomic E-state index is 0.0107. The largest absolute Gasteiger partial charge is 0.522 e. The Morgan fingerprint density at radius 3 is 1.88 bits per heavy atom. The molecule has 10 nitrogen and oxygen atoms in total. The quantitative estimate of drug-likeness (QED) is 0.291. The van der Waals surface area contributed by atoms with Crippen molar-refractivity contribution < 1.29 is 60.0 Å². The minimum atomic E-state index is -5.20. The Morgan fingerprint density at radius 1 is 0.900 bits per heavy atom. The van der Waals surface area contributed by atoms with Crippen LogP contribution in [0, 0.1) is 5.92 Å². The zero-order valence-corrected chi connectivity index (χ0v) is 22.6. The number of amides is 3. The van der Waals surface area contributed by atoms with Crippen LogP contribution in [-0.4, -0.2) is 73.1 Å². The molecule has 4 atom stereocenters. The third-order valence-electron chi connectivity index (χ3n) is 5.12. The summed E-state index contributed by atoms with van der Waals surface area (Å²) in [5.41, 5.74) is -1.10. The first-order valence-electron chi connectivity index (χ1n) is 11.8. The molecule has 1 aromatic rings. The van der Waals surface area contributed by atoms with Gasteiger partial charge >= 0.3 is 18.6 Å². The maximum Gasteiger partial charge on any atom is 0.522 e. The fourth-order valence-corrected chi connectivity index (χ4v) is 3.21. The van der Waals surface area contributed by atoms with Crippen LogP contribution >= 0.6 is 0 Å². The van der Waals surface area contributed by atoms with Gasteiger partial charge in [0.05, 0.1) is 19.8 Å². The Morgan fingerprint density at radius 2 is 1.45 bits per heavy atom. The van der Waals surface area contributed by atoms with Gasteiger partial charge in [-0.1, -0.05) is 26.0 Å². The lowest BCUT2D eigenvalue weighted by molar-refractivity contribution is -0.325. The number of aliphatic hydroxyl groups excluding tert-OH is 1. The molecular weight excluding hydrogens is 556 g/mol. The van der Waals surface area contributed by atoms with Crippen LogP contribution in [0.1, 0.15) is 46.2 Å². The van der Waals surface area contributed by atoms with Gasteiger partial charge in [0.15, 0.2) is 6.10 Å². The van der Waals surface area contributed by atoms with Crippen molar-refractivity contribution in [3.8, 4) is 5.75 Å². The number of nitrogens with one attached hydrogen (secondary N) is 3. The number of alkyl halides is 6. The van der Waals surface area contributed by atoms with Gasteiger partial charge in [0.2, 0.25) is 11.8 Å². The lowest BCUT2D eigenvalue weighted by Gasteiger charge is -2.31. The molecule has 0 heterocycles. The Hall–Kier alpha value is -3.27. The van der Waals surface area contributed by atoms with E-state index < -0.39 is 72.8 Å². The number of halogens is 6. The minimum Gasteiger partial charge on any atom is -0.497 e. The number of methoxy groups -OCH3 is 1. The van der Waals surface area contributed by atoms with Crippen LogP contribution in [0.25, 0.3) is 0 Å². The molecule has 228 valence electrons. The van der Waals surface area contributed by atoms with Gasteiger partial charge in [-0.05, 0) is 44.4 Å². The number of benzene rings is 1. The van der Waals surface area contributed by atoms with E-state index in [0.717, 1.165) is 0 Å². The highest BCUT2D eigenvalue weighted by Gasteiger charge is 2.46. The van der Waals surface area contributed by atoms with Crippen LogP contribution in [0.5, 0.6) is 5.75 Å². The molecule has 0 radical (unpaired) electrons. The van der Waals surface area contributed by atoms with Crippen LogP contribution in [0.15, 0.2) is 24.3 Å². The molecule has 0 unspecified atom stereocenters. The summed E-state index contributed by atoms with van der Waals surface area (Å²) in [6.07, 6.45) is -14.5. The molecule has 40 heavy (non-hydrogen) atoms. The van der Waals surface area contributed by atoms with Gasteiger partial charge in [-0.25, -0.2) is 4.79 Å². The molecule has 0 saturated heterocycles. The van der Waals surface area contributed by atoms with Gasteiger partial charge in [-0.3, -0.25) is 14.3 Å². The average Bonchev–Trinajstić information content (AvgIpc) is 2.80. The maximum atomic E-state index is 13.2. The van der Waals surface area contributed by atoms with E-state index in [4.69, 9.17) is 9.47 Å². The normalized spacial score (nSPS) is 15.4.